The van der Waals surface area contributed by atoms with E-state index in [-0.39, 0.29) is 5.78 Å². The second-order valence-corrected chi connectivity index (χ2v) is 9.71. The first-order valence-corrected chi connectivity index (χ1v) is 11.9. The van der Waals surface area contributed by atoms with Crippen molar-refractivity contribution in [1.29, 1.82) is 0 Å². The zero-order valence-electron chi connectivity index (χ0n) is 17.3. The summed E-state index contributed by atoms with van der Waals surface area (Å²) in [5.41, 5.74) is 4.73. The molecule has 32 heavy (non-hydrogen) atoms. The number of carbonyl (C=O) groups excluding carboxylic acids is 1. The Bertz CT molecular complexity index is 1360. The average Bonchev–Trinajstić information content (AvgIpc) is 3.46. The highest BCUT2D eigenvalue weighted by molar-refractivity contribution is 8.02. The van der Waals surface area contributed by atoms with Gasteiger partial charge < -0.3 is 10.3 Å². The molecule has 158 valence electrons. The highest BCUT2D eigenvalue weighted by atomic mass is 32.2. The number of para-hydroxylation sites is 1. The molecule has 0 aliphatic carbocycles. The molecule has 0 radical (unpaired) electrons. The van der Waals surface area contributed by atoms with Gasteiger partial charge in [-0.15, -0.1) is 10.2 Å². The van der Waals surface area contributed by atoms with Crippen LogP contribution >= 0.6 is 23.1 Å². The maximum atomic E-state index is 13.7. The van der Waals surface area contributed by atoms with Crippen molar-refractivity contribution in [2.75, 3.05) is 5.32 Å². The van der Waals surface area contributed by atoms with E-state index in [1.807, 2.05) is 78.9 Å². The van der Waals surface area contributed by atoms with Crippen molar-refractivity contribution in [3.63, 3.8) is 0 Å². The number of H-pyrrole nitrogens is 1. The van der Waals surface area contributed by atoms with Crippen LogP contribution in [0.2, 0.25) is 0 Å². The molecule has 5 aromatic rings. The topological polar surface area (TPSA) is 70.7 Å². The summed E-state index contributed by atoms with van der Waals surface area (Å²) < 4.78 is 0.738. The number of aryl methyl sites for hydroxylation is 1. The van der Waals surface area contributed by atoms with Crippen LogP contribution in [0.5, 0.6) is 0 Å². The number of aromatic nitrogens is 3. The Morgan fingerprint density at radius 2 is 1.72 bits per heavy atom. The molecule has 0 aliphatic rings. The van der Waals surface area contributed by atoms with Crippen LogP contribution in [0.25, 0.3) is 10.9 Å². The zero-order chi connectivity index (χ0) is 21.9. The van der Waals surface area contributed by atoms with Gasteiger partial charge in [0.05, 0.1) is 0 Å². The van der Waals surface area contributed by atoms with Crippen molar-refractivity contribution in [3.05, 3.63) is 102 Å². The molecule has 5 nitrogen and oxygen atoms in total. The van der Waals surface area contributed by atoms with Crippen molar-refractivity contribution in [1.82, 2.24) is 15.2 Å². The summed E-state index contributed by atoms with van der Waals surface area (Å²) in [5.74, 6) is 0.0434. The number of hydrogen-bond donors (Lipinski definition) is 2. The molecule has 0 amide bonds. The predicted molar refractivity (Wildman–Crippen MR) is 132 cm³/mol. The first-order chi connectivity index (χ1) is 15.7. The minimum atomic E-state index is -0.421. The molecule has 1 unspecified atom stereocenters. The summed E-state index contributed by atoms with van der Waals surface area (Å²) in [6.45, 7) is 2.05. The Morgan fingerprint density at radius 3 is 2.53 bits per heavy atom. The highest BCUT2D eigenvalue weighted by Crippen LogP contribution is 2.41. The number of nitrogens with one attached hydrogen (secondary N) is 2. The van der Waals surface area contributed by atoms with Crippen LogP contribution in [0.3, 0.4) is 0 Å². The molecule has 1 atom stereocenters. The van der Waals surface area contributed by atoms with Crippen molar-refractivity contribution in [2.24, 2.45) is 0 Å². The van der Waals surface area contributed by atoms with Gasteiger partial charge in [0.15, 0.2) is 10.1 Å². The fourth-order valence-electron chi connectivity index (χ4n) is 3.49. The van der Waals surface area contributed by atoms with E-state index >= 15 is 0 Å². The van der Waals surface area contributed by atoms with E-state index in [1.165, 1.54) is 28.7 Å². The van der Waals surface area contributed by atoms with Crippen LogP contribution in [0.1, 0.15) is 26.7 Å². The first-order valence-electron chi connectivity index (χ1n) is 10.2. The summed E-state index contributed by atoms with van der Waals surface area (Å²) in [6.07, 6.45) is 1.80. The molecular weight excluding hydrogens is 436 g/mol. The van der Waals surface area contributed by atoms with Gasteiger partial charge in [0.1, 0.15) is 5.25 Å². The van der Waals surface area contributed by atoms with Gasteiger partial charge in [-0.3, -0.25) is 4.79 Å². The SMILES string of the molecule is Cc1ccc(Nc2nnc(SC(C(=O)c3c[nH]c4ccccc34)c3ccccc3)s2)cc1. The van der Waals surface area contributed by atoms with E-state index in [0.29, 0.717) is 10.7 Å². The number of rotatable bonds is 7. The average molecular weight is 457 g/mol. The van der Waals surface area contributed by atoms with E-state index in [4.69, 9.17) is 0 Å². The molecule has 0 aliphatic heterocycles. The summed E-state index contributed by atoms with van der Waals surface area (Å²) in [7, 11) is 0. The summed E-state index contributed by atoms with van der Waals surface area (Å²) >= 11 is 2.87. The predicted octanol–water partition coefficient (Wildman–Crippen LogP) is 6.79. The Morgan fingerprint density at radius 1 is 0.969 bits per heavy atom. The summed E-state index contributed by atoms with van der Waals surface area (Å²) in [5, 5.41) is 13.1. The van der Waals surface area contributed by atoms with Gasteiger partial charge in [-0.2, -0.15) is 0 Å². The van der Waals surface area contributed by atoms with Crippen LogP contribution in [0, 0.1) is 6.92 Å². The lowest BCUT2D eigenvalue weighted by Crippen LogP contribution is -2.09. The molecule has 0 saturated carbocycles. The van der Waals surface area contributed by atoms with Gasteiger partial charge in [0.25, 0.3) is 0 Å². The Kier molecular flexibility index (Phi) is 5.75. The van der Waals surface area contributed by atoms with Gasteiger partial charge in [-0.05, 0) is 30.7 Å². The molecule has 0 saturated heterocycles. The lowest BCUT2D eigenvalue weighted by atomic mass is 10.0. The molecular formula is C25H20N4OS2. The fourth-order valence-corrected chi connectivity index (χ4v) is 5.52. The number of anilines is 2. The molecule has 2 aromatic heterocycles. The van der Waals surface area contributed by atoms with Crippen molar-refractivity contribution < 1.29 is 4.79 Å². The number of benzene rings is 3. The number of Topliss-reactive ketones (excluding diaryl/α,β-unsaturated/α-hetero) is 1. The number of thioether (sulfide) groups is 1. The molecule has 5 rings (SSSR count). The number of ketones is 1. The van der Waals surface area contributed by atoms with Crippen LogP contribution in [-0.2, 0) is 0 Å². The second-order valence-electron chi connectivity index (χ2n) is 7.38. The van der Waals surface area contributed by atoms with Crippen molar-refractivity contribution >= 4 is 50.6 Å². The number of nitrogens with zero attached hydrogens (tertiary/aromatic N) is 2. The van der Waals surface area contributed by atoms with E-state index in [2.05, 4.69) is 27.4 Å². The number of carbonyl (C=O) groups is 1. The number of hydrogen-bond acceptors (Lipinski definition) is 6. The zero-order valence-corrected chi connectivity index (χ0v) is 18.9. The van der Waals surface area contributed by atoms with Gasteiger partial charge in [0.2, 0.25) is 5.13 Å². The molecule has 2 heterocycles. The molecule has 3 aromatic carbocycles. The first kappa shape index (κ1) is 20.5. The lowest BCUT2D eigenvalue weighted by Gasteiger charge is -2.14. The number of fused-ring (bicyclic) bond motifs is 1. The van der Waals surface area contributed by atoms with Gasteiger partial charge in [0, 0.05) is 28.4 Å². The van der Waals surface area contributed by atoms with E-state index in [9.17, 15) is 4.79 Å². The minimum Gasteiger partial charge on any atom is -0.360 e. The van der Waals surface area contributed by atoms with E-state index < -0.39 is 5.25 Å². The summed E-state index contributed by atoms with van der Waals surface area (Å²) in [4.78, 5) is 16.9. The van der Waals surface area contributed by atoms with Crippen LogP contribution in [0.15, 0.2) is 89.4 Å². The Labute approximate surface area is 193 Å². The fraction of sp³-hybridized carbons (Fsp3) is 0.0800. The van der Waals surface area contributed by atoms with Crippen LogP contribution < -0.4 is 5.32 Å². The highest BCUT2D eigenvalue weighted by Gasteiger charge is 2.27. The van der Waals surface area contributed by atoms with Gasteiger partial charge >= 0.3 is 0 Å². The van der Waals surface area contributed by atoms with E-state index in [1.54, 1.807) is 6.20 Å². The van der Waals surface area contributed by atoms with Gasteiger partial charge in [-0.25, -0.2) is 0 Å². The van der Waals surface area contributed by atoms with Crippen molar-refractivity contribution in [2.45, 2.75) is 16.5 Å². The quantitative estimate of drug-likeness (QED) is 0.208. The molecule has 2 N–H and O–H groups in total. The number of aromatic amines is 1. The van der Waals surface area contributed by atoms with Crippen LogP contribution in [0.4, 0.5) is 10.8 Å². The minimum absolute atomic E-state index is 0.0434. The van der Waals surface area contributed by atoms with Crippen molar-refractivity contribution in [3.8, 4) is 0 Å². The lowest BCUT2D eigenvalue weighted by molar-refractivity contribution is 0.0991. The van der Waals surface area contributed by atoms with E-state index in [0.717, 1.165) is 26.5 Å². The smallest absolute Gasteiger partial charge is 0.210 e. The standard InChI is InChI=1S/C25H20N4OS2/c1-16-11-13-18(14-12-16)27-24-28-29-25(32-24)31-23(17-7-3-2-4-8-17)22(30)20-15-26-21-10-6-5-9-19(20)21/h2-15,23,26H,1H3,(H,27,28). The second kappa shape index (κ2) is 8.98. The maximum absolute atomic E-state index is 13.7. The molecule has 0 spiro atoms. The third kappa shape index (κ3) is 4.30. The molecule has 7 heteroatoms. The third-order valence-electron chi connectivity index (χ3n) is 5.12. The largest absolute Gasteiger partial charge is 0.360 e. The van der Waals surface area contributed by atoms with Gasteiger partial charge in [-0.1, -0.05) is 89.3 Å². The molecule has 0 fully saturated rings. The van der Waals surface area contributed by atoms with Crippen LogP contribution in [-0.4, -0.2) is 21.0 Å². The normalized spacial score (nSPS) is 12.0. The Balaban J connectivity index is 1.43. The molecule has 0 bridgehead atoms. The maximum Gasteiger partial charge on any atom is 0.210 e. The Hall–Kier alpha value is -3.42. The third-order valence-corrected chi connectivity index (χ3v) is 7.30. The monoisotopic (exact) mass is 456 g/mol. The summed E-state index contributed by atoms with van der Waals surface area (Å²) in [6, 6.07) is 25.8.